The number of oxazole rings is 1. The van der Waals surface area contributed by atoms with E-state index in [0.29, 0.717) is 23.9 Å². The molecule has 0 aliphatic carbocycles. The first kappa shape index (κ1) is 22.5. The number of sulfone groups is 1. The molecule has 0 saturated carbocycles. The fourth-order valence-electron chi connectivity index (χ4n) is 2.54. The number of thioether (sulfide) groups is 1. The molecule has 0 spiro atoms. The molecule has 154 valence electrons. The van der Waals surface area contributed by atoms with Gasteiger partial charge in [-0.3, -0.25) is 4.79 Å². The van der Waals surface area contributed by atoms with Crippen LogP contribution >= 0.6 is 11.8 Å². The Labute approximate surface area is 171 Å². The summed E-state index contributed by atoms with van der Waals surface area (Å²) in [4.78, 5) is 16.3. The number of hydrogen-bond acceptors (Lipinski definition) is 6. The van der Waals surface area contributed by atoms with Crippen LogP contribution in [0.15, 0.2) is 28.7 Å². The molecule has 6 nitrogen and oxygen atoms in total. The van der Waals surface area contributed by atoms with Gasteiger partial charge in [0.15, 0.2) is 9.84 Å². The highest BCUT2D eigenvalue weighted by Gasteiger charge is 2.22. The number of aryl methyl sites for hydroxylation is 2. The molecule has 0 aliphatic rings. The number of aromatic nitrogens is 1. The highest BCUT2D eigenvalue weighted by molar-refractivity contribution is 7.99. The molecular formula is C20H28N2O4S2. The first-order chi connectivity index (χ1) is 13.3. The van der Waals surface area contributed by atoms with Crippen LogP contribution in [0.4, 0.5) is 0 Å². The van der Waals surface area contributed by atoms with Crippen LogP contribution in [-0.2, 0) is 20.4 Å². The van der Waals surface area contributed by atoms with Gasteiger partial charge in [0.05, 0.1) is 11.4 Å². The molecule has 1 amide bonds. The molecule has 0 saturated heterocycles. The van der Waals surface area contributed by atoms with E-state index in [4.69, 9.17) is 4.42 Å². The molecule has 1 heterocycles. The van der Waals surface area contributed by atoms with Crippen molar-refractivity contribution in [2.75, 3.05) is 23.8 Å². The topological polar surface area (TPSA) is 89.3 Å². The van der Waals surface area contributed by atoms with Crippen molar-refractivity contribution in [2.45, 2.75) is 39.4 Å². The second kappa shape index (κ2) is 10.7. The summed E-state index contributed by atoms with van der Waals surface area (Å²) in [7, 11) is -3.62. The summed E-state index contributed by atoms with van der Waals surface area (Å²) in [5.41, 5.74) is 2.25. The fourth-order valence-corrected chi connectivity index (χ4v) is 4.67. The van der Waals surface area contributed by atoms with Crippen LogP contribution in [0.25, 0.3) is 11.5 Å². The molecule has 0 bridgehead atoms. The monoisotopic (exact) mass is 424 g/mol. The maximum Gasteiger partial charge on any atom is 0.235 e. The van der Waals surface area contributed by atoms with Gasteiger partial charge in [0, 0.05) is 12.1 Å². The Morgan fingerprint density at radius 3 is 2.57 bits per heavy atom. The quantitative estimate of drug-likeness (QED) is 0.555. The predicted octanol–water partition coefficient (Wildman–Crippen LogP) is 3.52. The molecular weight excluding hydrogens is 396 g/mol. The van der Waals surface area contributed by atoms with Crippen LogP contribution in [0.3, 0.4) is 0 Å². The van der Waals surface area contributed by atoms with Gasteiger partial charge in [0.25, 0.3) is 0 Å². The molecule has 0 radical (unpaired) electrons. The molecule has 1 aromatic carbocycles. The third-order valence-electron chi connectivity index (χ3n) is 4.03. The lowest BCUT2D eigenvalue weighted by Gasteiger charge is -2.06. The van der Waals surface area contributed by atoms with Crippen LogP contribution in [0.5, 0.6) is 0 Å². The van der Waals surface area contributed by atoms with Gasteiger partial charge in [-0.25, -0.2) is 13.4 Å². The van der Waals surface area contributed by atoms with E-state index < -0.39 is 21.5 Å². The molecule has 2 rings (SSSR count). The lowest BCUT2D eigenvalue weighted by molar-refractivity contribution is -0.118. The normalized spacial score (nSPS) is 11.5. The first-order valence-corrected chi connectivity index (χ1v) is 12.4. The van der Waals surface area contributed by atoms with E-state index in [1.54, 1.807) is 6.92 Å². The number of rotatable bonds is 11. The van der Waals surface area contributed by atoms with Crippen molar-refractivity contribution in [3.05, 3.63) is 41.3 Å². The van der Waals surface area contributed by atoms with Crippen LogP contribution in [0, 0.1) is 13.8 Å². The minimum atomic E-state index is -3.62. The zero-order chi connectivity index (χ0) is 20.6. The summed E-state index contributed by atoms with van der Waals surface area (Å²) in [6.45, 7) is 6.28. The van der Waals surface area contributed by atoms with Crippen molar-refractivity contribution < 1.29 is 17.6 Å². The third kappa shape index (κ3) is 7.31. The van der Waals surface area contributed by atoms with Gasteiger partial charge in [0.1, 0.15) is 11.5 Å². The summed E-state index contributed by atoms with van der Waals surface area (Å²) in [5, 5.41) is 2.68. The summed E-state index contributed by atoms with van der Waals surface area (Å²) >= 11 is 1.83. The Kier molecular flexibility index (Phi) is 8.57. The molecule has 0 atom stereocenters. The summed E-state index contributed by atoms with van der Waals surface area (Å²) < 4.78 is 30.4. The van der Waals surface area contributed by atoms with E-state index in [2.05, 4.69) is 17.2 Å². The number of amides is 1. The SMILES string of the molecule is CCCSCCCNC(=O)CS(=O)(=O)Cc1nc(-c2ccc(C)cc2)oc1C. The maximum atomic E-state index is 12.4. The molecule has 0 fully saturated rings. The van der Waals surface area contributed by atoms with E-state index in [0.717, 1.165) is 35.5 Å². The number of nitrogens with zero attached hydrogens (tertiary/aromatic N) is 1. The summed E-state index contributed by atoms with van der Waals surface area (Å²) in [6, 6.07) is 7.64. The number of carbonyl (C=O) groups excluding carboxylic acids is 1. The van der Waals surface area contributed by atoms with Crippen molar-refractivity contribution in [1.82, 2.24) is 10.3 Å². The van der Waals surface area contributed by atoms with Crippen LogP contribution in [0.2, 0.25) is 0 Å². The zero-order valence-electron chi connectivity index (χ0n) is 16.7. The Morgan fingerprint density at radius 1 is 1.18 bits per heavy atom. The lowest BCUT2D eigenvalue weighted by atomic mass is 10.1. The second-order valence-electron chi connectivity index (χ2n) is 6.74. The number of carbonyl (C=O) groups is 1. The third-order valence-corrected chi connectivity index (χ3v) is 6.72. The van der Waals surface area contributed by atoms with Gasteiger partial charge in [-0.05, 0) is 50.3 Å². The van der Waals surface area contributed by atoms with Gasteiger partial charge >= 0.3 is 0 Å². The van der Waals surface area contributed by atoms with E-state index in [-0.39, 0.29) is 5.75 Å². The Bertz CT molecular complexity index is 874. The molecule has 1 N–H and O–H groups in total. The van der Waals surface area contributed by atoms with Gasteiger partial charge < -0.3 is 9.73 Å². The van der Waals surface area contributed by atoms with E-state index in [1.165, 1.54) is 0 Å². The lowest BCUT2D eigenvalue weighted by Crippen LogP contribution is -2.31. The Hall–Kier alpha value is -1.80. The van der Waals surface area contributed by atoms with Crippen LogP contribution in [0.1, 0.15) is 36.8 Å². The van der Waals surface area contributed by atoms with Crippen molar-refractivity contribution in [3.8, 4) is 11.5 Å². The summed E-state index contributed by atoms with van der Waals surface area (Å²) in [5.74, 6) is 1.57. The standard InChI is InChI=1S/C20H28N2O4S2/c1-4-11-27-12-5-10-21-19(23)14-28(24,25)13-18-16(3)26-20(22-18)17-8-6-15(2)7-9-17/h6-9H,4-5,10-14H2,1-3H3,(H,21,23). The molecule has 2 aromatic rings. The highest BCUT2D eigenvalue weighted by Crippen LogP contribution is 2.23. The van der Waals surface area contributed by atoms with Crippen molar-refractivity contribution >= 4 is 27.5 Å². The minimum Gasteiger partial charge on any atom is -0.441 e. The first-order valence-electron chi connectivity index (χ1n) is 9.39. The number of benzene rings is 1. The predicted molar refractivity (Wildman–Crippen MR) is 114 cm³/mol. The second-order valence-corrected chi connectivity index (χ2v) is 10.0. The average Bonchev–Trinajstić information content (AvgIpc) is 2.98. The smallest absolute Gasteiger partial charge is 0.235 e. The Balaban J connectivity index is 1.89. The fraction of sp³-hybridized carbons (Fsp3) is 0.500. The van der Waals surface area contributed by atoms with Gasteiger partial charge in [-0.15, -0.1) is 0 Å². The van der Waals surface area contributed by atoms with Gasteiger partial charge in [-0.2, -0.15) is 11.8 Å². The molecule has 0 unspecified atom stereocenters. The molecule has 0 aliphatic heterocycles. The zero-order valence-corrected chi connectivity index (χ0v) is 18.3. The van der Waals surface area contributed by atoms with Gasteiger partial charge in [0.2, 0.25) is 11.8 Å². The summed E-state index contributed by atoms with van der Waals surface area (Å²) in [6.07, 6.45) is 1.96. The van der Waals surface area contributed by atoms with Crippen LogP contribution < -0.4 is 5.32 Å². The van der Waals surface area contributed by atoms with Crippen molar-refractivity contribution in [3.63, 3.8) is 0 Å². The van der Waals surface area contributed by atoms with E-state index >= 15 is 0 Å². The van der Waals surface area contributed by atoms with Gasteiger partial charge in [-0.1, -0.05) is 24.6 Å². The average molecular weight is 425 g/mol. The minimum absolute atomic E-state index is 0.312. The largest absolute Gasteiger partial charge is 0.441 e. The highest BCUT2D eigenvalue weighted by atomic mass is 32.2. The maximum absolute atomic E-state index is 12.4. The number of nitrogens with one attached hydrogen (secondary N) is 1. The van der Waals surface area contributed by atoms with Crippen molar-refractivity contribution in [2.24, 2.45) is 0 Å². The van der Waals surface area contributed by atoms with E-state index in [9.17, 15) is 13.2 Å². The van der Waals surface area contributed by atoms with Crippen molar-refractivity contribution in [1.29, 1.82) is 0 Å². The van der Waals surface area contributed by atoms with E-state index in [1.807, 2.05) is 43.0 Å². The molecule has 1 aromatic heterocycles. The molecule has 8 heteroatoms. The van der Waals surface area contributed by atoms with Crippen LogP contribution in [-0.4, -0.2) is 43.1 Å². The number of hydrogen-bond donors (Lipinski definition) is 1. The molecule has 28 heavy (non-hydrogen) atoms. The Morgan fingerprint density at radius 2 is 1.89 bits per heavy atom.